The minimum Gasteiger partial charge on any atom is -0.377 e. The molecule has 1 fully saturated rings. The van der Waals surface area contributed by atoms with Gasteiger partial charge in [0, 0.05) is 12.7 Å². The van der Waals surface area contributed by atoms with Gasteiger partial charge >= 0.3 is 0 Å². The van der Waals surface area contributed by atoms with Crippen LogP contribution in [0.25, 0.3) is 0 Å². The number of hydrogen-bond donors (Lipinski definition) is 0. The van der Waals surface area contributed by atoms with Crippen molar-refractivity contribution in [2.75, 3.05) is 24.7 Å². The molecule has 2 heterocycles. The molecule has 1 aliphatic heterocycles. The molecule has 0 amide bonds. The molecule has 5 heteroatoms. The highest BCUT2D eigenvalue weighted by molar-refractivity contribution is 6.34. The van der Waals surface area contributed by atoms with E-state index in [0.29, 0.717) is 29.6 Å². The van der Waals surface area contributed by atoms with Gasteiger partial charge < -0.3 is 9.64 Å². The zero-order valence-corrected chi connectivity index (χ0v) is 10.7. The van der Waals surface area contributed by atoms with Crippen LogP contribution in [0.4, 0.5) is 5.82 Å². The predicted octanol–water partition coefficient (Wildman–Crippen LogP) is 2.22. The Morgan fingerprint density at radius 3 is 3.00 bits per heavy atom. The molecule has 4 nitrogen and oxygen atoms in total. The van der Waals surface area contributed by atoms with Crippen molar-refractivity contribution in [2.24, 2.45) is 0 Å². The summed E-state index contributed by atoms with van der Waals surface area (Å²) in [5, 5.41) is 9.39. The Bertz CT molecular complexity index is 467. The van der Waals surface area contributed by atoms with Crippen LogP contribution in [0.2, 0.25) is 5.02 Å². The van der Waals surface area contributed by atoms with E-state index in [2.05, 4.69) is 29.8 Å². The quantitative estimate of drug-likeness (QED) is 0.768. The van der Waals surface area contributed by atoms with Crippen LogP contribution in [-0.2, 0) is 4.74 Å². The highest BCUT2D eigenvalue weighted by Gasteiger charge is 2.33. The third kappa shape index (κ3) is 2.21. The fourth-order valence-corrected chi connectivity index (χ4v) is 2.21. The first kappa shape index (κ1) is 12.2. The van der Waals surface area contributed by atoms with Crippen LogP contribution >= 0.6 is 11.6 Å². The smallest absolute Gasteiger partial charge is 0.149 e. The number of morpholine rings is 1. The number of rotatable bonds is 1. The number of nitriles is 1. The summed E-state index contributed by atoms with van der Waals surface area (Å²) in [6.45, 7) is 6.15. The second kappa shape index (κ2) is 4.52. The van der Waals surface area contributed by atoms with Crippen molar-refractivity contribution in [1.82, 2.24) is 4.98 Å². The third-order valence-corrected chi connectivity index (χ3v) is 3.26. The largest absolute Gasteiger partial charge is 0.377 e. The molecule has 0 atom stereocenters. The molecule has 0 aromatic carbocycles. The van der Waals surface area contributed by atoms with Gasteiger partial charge in [0.25, 0.3) is 0 Å². The average molecular weight is 252 g/mol. The number of aromatic nitrogens is 1. The van der Waals surface area contributed by atoms with Gasteiger partial charge in [-0.3, -0.25) is 0 Å². The summed E-state index contributed by atoms with van der Waals surface area (Å²) in [4.78, 5) is 6.39. The summed E-state index contributed by atoms with van der Waals surface area (Å²) < 4.78 is 5.46. The predicted molar refractivity (Wildman–Crippen MR) is 66.2 cm³/mol. The van der Waals surface area contributed by atoms with Crippen molar-refractivity contribution in [3.05, 3.63) is 22.8 Å². The molecule has 1 saturated heterocycles. The van der Waals surface area contributed by atoms with Crippen LogP contribution in [0, 0.1) is 11.3 Å². The summed E-state index contributed by atoms with van der Waals surface area (Å²) in [6.07, 6.45) is 1.62. The number of anilines is 1. The Morgan fingerprint density at radius 1 is 1.59 bits per heavy atom. The number of ether oxygens (including phenoxy) is 1. The van der Waals surface area contributed by atoms with Crippen LogP contribution in [0.15, 0.2) is 12.3 Å². The van der Waals surface area contributed by atoms with E-state index in [-0.39, 0.29) is 5.54 Å². The summed E-state index contributed by atoms with van der Waals surface area (Å²) in [7, 11) is 0. The molecule has 0 spiro atoms. The van der Waals surface area contributed by atoms with E-state index in [4.69, 9.17) is 21.6 Å². The molecule has 0 unspecified atom stereocenters. The molecule has 90 valence electrons. The fraction of sp³-hybridized carbons (Fsp3) is 0.500. The molecule has 2 rings (SSSR count). The maximum Gasteiger partial charge on any atom is 0.149 e. The molecule has 1 aliphatic rings. The second-order valence-electron chi connectivity index (χ2n) is 4.62. The van der Waals surface area contributed by atoms with E-state index >= 15 is 0 Å². The van der Waals surface area contributed by atoms with Crippen molar-refractivity contribution in [2.45, 2.75) is 19.4 Å². The standard InChI is InChI=1S/C12H14ClN3O/c1-12(2)8-17-6-5-16(12)11-10(13)9(7-14)3-4-15-11/h3-4H,5-6,8H2,1-2H3. The fourth-order valence-electron chi connectivity index (χ4n) is 1.96. The van der Waals surface area contributed by atoms with E-state index in [1.807, 2.05) is 0 Å². The van der Waals surface area contributed by atoms with E-state index < -0.39 is 0 Å². The maximum atomic E-state index is 8.97. The average Bonchev–Trinajstić information content (AvgIpc) is 2.30. The van der Waals surface area contributed by atoms with Gasteiger partial charge in [0.05, 0.1) is 24.3 Å². The van der Waals surface area contributed by atoms with E-state index in [1.54, 1.807) is 12.3 Å². The molecular formula is C12H14ClN3O. The molecule has 0 saturated carbocycles. The molecule has 17 heavy (non-hydrogen) atoms. The van der Waals surface area contributed by atoms with Gasteiger partial charge in [-0.05, 0) is 19.9 Å². The highest BCUT2D eigenvalue weighted by Crippen LogP contribution is 2.32. The molecule has 1 aromatic rings. The van der Waals surface area contributed by atoms with Gasteiger partial charge in [-0.15, -0.1) is 0 Å². The number of hydrogen-bond acceptors (Lipinski definition) is 4. The Hall–Kier alpha value is -1.31. The Labute approximate surface area is 106 Å². The minimum atomic E-state index is -0.164. The van der Waals surface area contributed by atoms with Crippen molar-refractivity contribution in [1.29, 1.82) is 5.26 Å². The summed E-state index contributed by atoms with van der Waals surface area (Å²) in [5.74, 6) is 0.666. The highest BCUT2D eigenvalue weighted by atomic mass is 35.5. The van der Waals surface area contributed by atoms with Crippen molar-refractivity contribution >= 4 is 17.4 Å². The van der Waals surface area contributed by atoms with Crippen molar-refractivity contribution in [3.8, 4) is 6.07 Å². The summed E-state index contributed by atoms with van der Waals surface area (Å²) in [5.41, 5.74) is 0.294. The topological polar surface area (TPSA) is 49.1 Å². The molecular weight excluding hydrogens is 238 g/mol. The lowest BCUT2D eigenvalue weighted by Gasteiger charge is -2.43. The lowest BCUT2D eigenvalue weighted by atomic mass is 10.0. The first-order valence-electron chi connectivity index (χ1n) is 5.46. The molecule has 0 N–H and O–H groups in total. The summed E-state index contributed by atoms with van der Waals surface area (Å²) >= 11 is 6.20. The normalized spacial score (nSPS) is 18.8. The van der Waals surface area contributed by atoms with Gasteiger partial charge in [0.2, 0.25) is 0 Å². The minimum absolute atomic E-state index is 0.164. The van der Waals surface area contributed by atoms with Crippen molar-refractivity contribution in [3.63, 3.8) is 0 Å². The van der Waals surface area contributed by atoms with Gasteiger partial charge in [-0.1, -0.05) is 11.6 Å². The monoisotopic (exact) mass is 251 g/mol. The lowest BCUT2D eigenvalue weighted by Crippen LogP contribution is -2.53. The van der Waals surface area contributed by atoms with Crippen molar-refractivity contribution < 1.29 is 4.74 Å². The second-order valence-corrected chi connectivity index (χ2v) is 5.00. The van der Waals surface area contributed by atoms with E-state index in [9.17, 15) is 0 Å². The first-order chi connectivity index (χ1) is 8.06. The van der Waals surface area contributed by atoms with Crippen LogP contribution in [0.1, 0.15) is 19.4 Å². The van der Waals surface area contributed by atoms with Gasteiger partial charge in [0.15, 0.2) is 0 Å². The zero-order valence-electron chi connectivity index (χ0n) is 9.90. The van der Waals surface area contributed by atoms with Gasteiger partial charge in [0.1, 0.15) is 16.9 Å². The van der Waals surface area contributed by atoms with Crippen LogP contribution in [-0.4, -0.2) is 30.3 Å². The Balaban J connectivity index is 2.43. The van der Waals surface area contributed by atoms with Crippen LogP contribution < -0.4 is 4.90 Å². The number of halogens is 1. The number of nitrogens with zero attached hydrogens (tertiary/aromatic N) is 3. The molecule has 0 bridgehead atoms. The number of pyridine rings is 1. The molecule has 1 aromatic heterocycles. The van der Waals surface area contributed by atoms with Crippen LogP contribution in [0.3, 0.4) is 0 Å². The molecule has 0 aliphatic carbocycles. The zero-order chi connectivity index (χ0) is 12.5. The Kier molecular flexibility index (Phi) is 3.23. The van der Waals surface area contributed by atoms with Crippen LogP contribution in [0.5, 0.6) is 0 Å². The van der Waals surface area contributed by atoms with E-state index in [1.165, 1.54) is 0 Å². The Morgan fingerprint density at radius 2 is 2.35 bits per heavy atom. The maximum absolute atomic E-state index is 8.97. The third-order valence-electron chi connectivity index (χ3n) is 2.89. The summed E-state index contributed by atoms with van der Waals surface area (Å²) in [6, 6.07) is 3.70. The van der Waals surface area contributed by atoms with Gasteiger partial charge in [-0.25, -0.2) is 4.98 Å². The van der Waals surface area contributed by atoms with Gasteiger partial charge in [-0.2, -0.15) is 5.26 Å². The lowest BCUT2D eigenvalue weighted by molar-refractivity contribution is 0.0639. The SMILES string of the molecule is CC1(C)COCCN1c1nccc(C#N)c1Cl. The van der Waals surface area contributed by atoms with E-state index in [0.717, 1.165) is 6.54 Å². The first-order valence-corrected chi connectivity index (χ1v) is 5.84. The molecule has 0 radical (unpaired) electrons.